The largest absolute Gasteiger partial charge is 0.376 e. The zero-order chi connectivity index (χ0) is 19.9. The van der Waals surface area contributed by atoms with Crippen LogP contribution in [-0.4, -0.2) is 49.2 Å². The van der Waals surface area contributed by atoms with Crippen molar-refractivity contribution in [2.24, 2.45) is 17.3 Å². The summed E-state index contributed by atoms with van der Waals surface area (Å²) in [6.45, 7) is 9.50. The number of nitrogens with zero attached hydrogens (tertiary/aromatic N) is 1. The number of halogens is 2. The lowest BCUT2D eigenvalue weighted by Crippen LogP contribution is -2.64. The molecule has 1 N–H and O–H groups in total. The molecule has 0 bridgehead atoms. The van der Waals surface area contributed by atoms with Crippen LogP contribution in [0.1, 0.15) is 49.9 Å². The number of nitrogens with one attached hydrogen (secondary N) is 1. The molecule has 1 aliphatic carbocycles. The minimum Gasteiger partial charge on any atom is -0.376 e. The van der Waals surface area contributed by atoms with Crippen LogP contribution >= 0.6 is 11.6 Å². The Kier molecular flexibility index (Phi) is 5.45. The van der Waals surface area contributed by atoms with E-state index in [1.807, 2.05) is 0 Å². The smallest absolute Gasteiger partial charge is 0.251 e. The van der Waals surface area contributed by atoms with E-state index in [1.54, 1.807) is 0 Å². The first-order chi connectivity index (χ1) is 13.2. The van der Waals surface area contributed by atoms with Crippen molar-refractivity contribution >= 4 is 17.5 Å². The van der Waals surface area contributed by atoms with Crippen molar-refractivity contribution in [2.45, 2.75) is 45.1 Å². The van der Waals surface area contributed by atoms with Gasteiger partial charge in [0.15, 0.2) is 0 Å². The van der Waals surface area contributed by atoms with Crippen LogP contribution in [0.3, 0.4) is 0 Å². The Hall–Kier alpha value is -1.17. The van der Waals surface area contributed by atoms with Crippen LogP contribution in [0.15, 0.2) is 18.2 Å². The maximum Gasteiger partial charge on any atom is 0.251 e. The van der Waals surface area contributed by atoms with Crippen LogP contribution in [0, 0.1) is 23.1 Å². The van der Waals surface area contributed by atoms with E-state index in [9.17, 15) is 9.18 Å². The second-order valence-corrected chi connectivity index (χ2v) is 10.2. The van der Waals surface area contributed by atoms with Crippen molar-refractivity contribution in [3.8, 4) is 0 Å². The Morgan fingerprint density at radius 1 is 1.25 bits per heavy atom. The molecule has 4 rings (SSSR count). The normalized spacial score (nSPS) is 26.5. The maximum atomic E-state index is 13.4. The fourth-order valence-electron chi connectivity index (χ4n) is 5.50. The fraction of sp³-hybridized carbons (Fsp3) is 0.682. The van der Waals surface area contributed by atoms with Crippen molar-refractivity contribution in [3.63, 3.8) is 0 Å². The molecule has 2 aliphatic heterocycles. The second kappa shape index (κ2) is 7.58. The number of hydrogen-bond acceptors (Lipinski definition) is 3. The van der Waals surface area contributed by atoms with Crippen LogP contribution in [0.2, 0.25) is 5.02 Å². The quantitative estimate of drug-likeness (QED) is 0.796. The Bertz CT molecular complexity index is 720. The number of hydrogen-bond donors (Lipinski definition) is 1. The second-order valence-electron chi connectivity index (χ2n) is 9.78. The first-order valence-corrected chi connectivity index (χ1v) is 10.7. The number of ether oxygens (including phenoxy) is 1. The lowest BCUT2D eigenvalue weighted by Gasteiger charge is -2.60. The first-order valence-electron chi connectivity index (χ1n) is 10.3. The topological polar surface area (TPSA) is 41.6 Å². The molecule has 1 saturated carbocycles. The van der Waals surface area contributed by atoms with Crippen LogP contribution in [0.5, 0.6) is 0 Å². The Balaban J connectivity index is 1.16. The van der Waals surface area contributed by atoms with Crippen LogP contribution < -0.4 is 5.32 Å². The monoisotopic (exact) mass is 408 g/mol. The first kappa shape index (κ1) is 20.1. The highest BCUT2D eigenvalue weighted by molar-refractivity contribution is 6.31. The SMILES string of the molecule is CC1(C)CC(CN2CC3(CC(CNC(=O)c4cc(F)cc(Cl)c4)C3)C2)CCO1. The third-order valence-corrected chi connectivity index (χ3v) is 6.77. The average Bonchev–Trinajstić information content (AvgIpc) is 2.52. The van der Waals surface area contributed by atoms with Crippen molar-refractivity contribution in [1.82, 2.24) is 10.2 Å². The molecule has 3 fully saturated rings. The van der Waals surface area contributed by atoms with Gasteiger partial charge in [-0.05, 0) is 75.0 Å². The molecule has 154 valence electrons. The zero-order valence-electron chi connectivity index (χ0n) is 16.8. The van der Waals surface area contributed by atoms with Crippen LogP contribution in [0.25, 0.3) is 0 Å². The molecule has 0 aromatic heterocycles. The molecule has 4 nitrogen and oxygen atoms in total. The number of benzene rings is 1. The van der Waals surface area contributed by atoms with Gasteiger partial charge in [0.1, 0.15) is 5.82 Å². The Morgan fingerprint density at radius 2 is 2.00 bits per heavy atom. The van der Waals surface area contributed by atoms with E-state index in [0.29, 0.717) is 17.9 Å². The molecule has 1 aromatic rings. The van der Waals surface area contributed by atoms with Gasteiger partial charge in [-0.25, -0.2) is 4.39 Å². The summed E-state index contributed by atoms with van der Waals surface area (Å²) in [4.78, 5) is 14.8. The minimum atomic E-state index is -0.484. The van der Waals surface area contributed by atoms with Gasteiger partial charge >= 0.3 is 0 Å². The molecule has 2 heterocycles. The highest BCUT2D eigenvalue weighted by Gasteiger charge is 2.52. The standard InChI is InChI=1S/C22H30ClFN2O2/c1-21(2)8-15(3-4-28-21)12-26-13-22(14-26)9-16(10-22)11-25-20(27)17-5-18(23)7-19(24)6-17/h5-7,15-16H,3-4,8-14H2,1-2H3,(H,25,27). The summed E-state index contributed by atoms with van der Waals surface area (Å²) in [5.41, 5.74) is 0.781. The summed E-state index contributed by atoms with van der Waals surface area (Å²) in [7, 11) is 0. The lowest BCUT2D eigenvalue weighted by atomic mass is 9.57. The van der Waals surface area contributed by atoms with Crippen molar-refractivity contribution in [1.29, 1.82) is 0 Å². The van der Waals surface area contributed by atoms with Gasteiger partial charge in [0, 0.05) is 43.4 Å². The van der Waals surface area contributed by atoms with Gasteiger partial charge in [-0.15, -0.1) is 0 Å². The molecule has 2 saturated heterocycles. The Morgan fingerprint density at radius 3 is 2.68 bits per heavy atom. The number of likely N-dealkylation sites (tertiary alicyclic amines) is 1. The molecule has 1 amide bonds. The van der Waals surface area contributed by atoms with Gasteiger partial charge in [-0.2, -0.15) is 0 Å². The summed E-state index contributed by atoms with van der Waals surface area (Å²) in [6.07, 6.45) is 4.67. The van der Waals surface area contributed by atoms with Gasteiger partial charge < -0.3 is 15.0 Å². The lowest BCUT2D eigenvalue weighted by molar-refractivity contribution is -0.118. The zero-order valence-corrected chi connectivity index (χ0v) is 17.5. The number of carbonyl (C=O) groups is 1. The van der Waals surface area contributed by atoms with E-state index >= 15 is 0 Å². The summed E-state index contributed by atoms with van der Waals surface area (Å²) in [5, 5.41) is 3.18. The van der Waals surface area contributed by atoms with E-state index in [-0.39, 0.29) is 22.1 Å². The minimum absolute atomic E-state index is 0.0249. The van der Waals surface area contributed by atoms with E-state index < -0.39 is 5.82 Å². The molecule has 3 aliphatic rings. The van der Waals surface area contributed by atoms with E-state index in [1.165, 1.54) is 57.1 Å². The maximum absolute atomic E-state index is 13.4. The van der Waals surface area contributed by atoms with Gasteiger partial charge in [0.05, 0.1) is 5.60 Å². The Labute approximate surface area is 171 Å². The summed E-state index contributed by atoms with van der Waals surface area (Å²) in [5.74, 6) is 0.536. The number of carbonyl (C=O) groups excluding carboxylic acids is 1. The molecular formula is C22H30ClFN2O2. The highest BCUT2D eigenvalue weighted by atomic mass is 35.5. The highest BCUT2D eigenvalue weighted by Crippen LogP contribution is 2.52. The van der Waals surface area contributed by atoms with Gasteiger partial charge in [-0.1, -0.05) is 11.6 Å². The van der Waals surface area contributed by atoms with Gasteiger partial charge in [0.2, 0.25) is 0 Å². The van der Waals surface area contributed by atoms with E-state index in [2.05, 4.69) is 24.1 Å². The average molecular weight is 409 g/mol. The molecule has 1 aromatic carbocycles. The molecule has 1 unspecified atom stereocenters. The van der Waals surface area contributed by atoms with Gasteiger partial charge in [0.25, 0.3) is 5.91 Å². The van der Waals surface area contributed by atoms with Crippen molar-refractivity contribution < 1.29 is 13.9 Å². The molecule has 1 spiro atoms. The van der Waals surface area contributed by atoms with Crippen LogP contribution in [-0.2, 0) is 4.74 Å². The fourth-order valence-corrected chi connectivity index (χ4v) is 5.72. The van der Waals surface area contributed by atoms with Crippen molar-refractivity contribution in [2.75, 3.05) is 32.8 Å². The third-order valence-electron chi connectivity index (χ3n) is 6.55. The molecular weight excluding hydrogens is 379 g/mol. The summed E-state index contributed by atoms with van der Waals surface area (Å²) in [6, 6.07) is 3.94. The predicted octanol–water partition coefficient (Wildman–Crippen LogP) is 4.13. The predicted molar refractivity (Wildman–Crippen MR) is 108 cm³/mol. The van der Waals surface area contributed by atoms with Crippen molar-refractivity contribution in [3.05, 3.63) is 34.6 Å². The molecule has 28 heavy (non-hydrogen) atoms. The summed E-state index contributed by atoms with van der Waals surface area (Å²) >= 11 is 5.83. The molecule has 1 atom stereocenters. The van der Waals surface area contributed by atoms with E-state index in [4.69, 9.17) is 16.3 Å². The molecule has 0 radical (unpaired) electrons. The third kappa shape index (κ3) is 4.52. The van der Waals surface area contributed by atoms with Gasteiger partial charge in [-0.3, -0.25) is 4.79 Å². The van der Waals surface area contributed by atoms with Crippen LogP contribution in [0.4, 0.5) is 4.39 Å². The number of amides is 1. The number of rotatable bonds is 5. The summed E-state index contributed by atoms with van der Waals surface area (Å²) < 4.78 is 19.2. The molecule has 6 heteroatoms. The van der Waals surface area contributed by atoms with E-state index in [0.717, 1.165) is 18.9 Å².